The molecule has 0 rings (SSSR count). The van der Waals surface area contributed by atoms with Gasteiger partial charge in [0, 0.05) is 6.54 Å². The van der Waals surface area contributed by atoms with Crippen molar-refractivity contribution in [2.45, 2.75) is 52.9 Å². The third-order valence-electron chi connectivity index (χ3n) is 2.76. The zero-order valence-corrected chi connectivity index (χ0v) is 11.9. The maximum Gasteiger partial charge on any atom is 0.000252 e. The molecule has 1 nitrogen and oxygen atoms in total. The Morgan fingerprint density at radius 2 is 1.87 bits per heavy atom. The maximum atomic E-state index is 3.57. The minimum atomic E-state index is 0.481. The van der Waals surface area contributed by atoms with Crippen molar-refractivity contribution < 1.29 is 0 Å². The number of thioether (sulfide) groups is 1. The molecule has 2 heteroatoms. The van der Waals surface area contributed by atoms with Gasteiger partial charge < -0.3 is 5.32 Å². The van der Waals surface area contributed by atoms with Crippen LogP contribution in [0.15, 0.2) is 0 Å². The minimum Gasteiger partial charge on any atom is -0.316 e. The van der Waals surface area contributed by atoms with E-state index in [-0.39, 0.29) is 0 Å². The van der Waals surface area contributed by atoms with Crippen LogP contribution in [-0.4, -0.2) is 25.1 Å². The van der Waals surface area contributed by atoms with Crippen LogP contribution in [0.2, 0.25) is 0 Å². The SMILES string of the molecule is CCCCCC(C)(C)CNCCCSC. The number of unbranched alkanes of at least 4 members (excludes halogenated alkanes) is 2. The lowest BCUT2D eigenvalue weighted by atomic mass is 9.87. The standard InChI is InChI=1S/C13H29NS/c1-5-6-7-9-13(2,3)12-14-10-8-11-15-4/h14H,5-12H2,1-4H3. The largest absolute Gasteiger partial charge is 0.316 e. The van der Waals surface area contributed by atoms with Crippen molar-refractivity contribution in [3.8, 4) is 0 Å². The fourth-order valence-electron chi connectivity index (χ4n) is 1.71. The van der Waals surface area contributed by atoms with Gasteiger partial charge in [0.05, 0.1) is 0 Å². The van der Waals surface area contributed by atoms with E-state index in [0.717, 1.165) is 0 Å². The summed E-state index contributed by atoms with van der Waals surface area (Å²) >= 11 is 1.94. The molecule has 0 radical (unpaired) electrons. The highest BCUT2D eigenvalue weighted by Crippen LogP contribution is 2.22. The van der Waals surface area contributed by atoms with Crippen LogP contribution in [0, 0.1) is 5.41 Å². The van der Waals surface area contributed by atoms with Crippen LogP contribution in [0.4, 0.5) is 0 Å². The second kappa shape index (κ2) is 9.53. The van der Waals surface area contributed by atoms with Gasteiger partial charge in [0.1, 0.15) is 0 Å². The molecule has 0 unspecified atom stereocenters. The highest BCUT2D eigenvalue weighted by atomic mass is 32.2. The fraction of sp³-hybridized carbons (Fsp3) is 1.00. The second-order valence-corrected chi connectivity index (χ2v) is 6.13. The van der Waals surface area contributed by atoms with E-state index in [1.165, 1.54) is 50.9 Å². The van der Waals surface area contributed by atoms with Crippen LogP contribution in [-0.2, 0) is 0 Å². The van der Waals surface area contributed by atoms with Crippen LogP contribution in [0.5, 0.6) is 0 Å². The van der Waals surface area contributed by atoms with Crippen molar-refractivity contribution in [1.82, 2.24) is 5.32 Å². The topological polar surface area (TPSA) is 12.0 Å². The number of hydrogen-bond acceptors (Lipinski definition) is 2. The molecule has 0 amide bonds. The third kappa shape index (κ3) is 10.6. The van der Waals surface area contributed by atoms with Gasteiger partial charge in [0.15, 0.2) is 0 Å². The number of nitrogens with one attached hydrogen (secondary N) is 1. The summed E-state index contributed by atoms with van der Waals surface area (Å²) in [5, 5.41) is 3.57. The highest BCUT2D eigenvalue weighted by molar-refractivity contribution is 7.98. The van der Waals surface area contributed by atoms with Gasteiger partial charge in [-0.1, -0.05) is 40.0 Å². The van der Waals surface area contributed by atoms with E-state index in [1.54, 1.807) is 0 Å². The van der Waals surface area contributed by atoms with Crippen LogP contribution in [0.25, 0.3) is 0 Å². The van der Waals surface area contributed by atoms with E-state index in [1.807, 2.05) is 11.8 Å². The average molecular weight is 231 g/mol. The molecule has 0 aliphatic rings. The Kier molecular flexibility index (Phi) is 9.73. The van der Waals surface area contributed by atoms with Crippen molar-refractivity contribution in [2.75, 3.05) is 25.1 Å². The summed E-state index contributed by atoms with van der Waals surface area (Å²) in [6.45, 7) is 9.38. The summed E-state index contributed by atoms with van der Waals surface area (Å²) in [5.41, 5.74) is 0.481. The van der Waals surface area contributed by atoms with Crippen molar-refractivity contribution >= 4 is 11.8 Å². The molecule has 0 spiro atoms. The lowest BCUT2D eigenvalue weighted by Crippen LogP contribution is -2.30. The first kappa shape index (κ1) is 15.3. The van der Waals surface area contributed by atoms with E-state index < -0.39 is 0 Å². The van der Waals surface area contributed by atoms with Crippen LogP contribution in [0.3, 0.4) is 0 Å². The zero-order valence-electron chi connectivity index (χ0n) is 11.1. The fourth-order valence-corrected chi connectivity index (χ4v) is 2.14. The van der Waals surface area contributed by atoms with Crippen molar-refractivity contribution in [1.29, 1.82) is 0 Å². The monoisotopic (exact) mass is 231 g/mol. The highest BCUT2D eigenvalue weighted by Gasteiger charge is 2.15. The van der Waals surface area contributed by atoms with Crippen LogP contribution in [0.1, 0.15) is 52.9 Å². The molecule has 92 valence electrons. The van der Waals surface area contributed by atoms with E-state index in [2.05, 4.69) is 32.3 Å². The Morgan fingerprint density at radius 3 is 2.47 bits per heavy atom. The predicted molar refractivity (Wildman–Crippen MR) is 73.8 cm³/mol. The summed E-state index contributed by atoms with van der Waals surface area (Å²) in [5.74, 6) is 1.28. The first-order chi connectivity index (χ1) is 7.12. The van der Waals surface area contributed by atoms with Gasteiger partial charge >= 0.3 is 0 Å². The number of hydrogen-bond donors (Lipinski definition) is 1. The quantitative estimate of drug-likeness (QED) is 0.572. The van der Waals surface area contributed by atoms with Crippen LogP contribution < -0.4 is 5.32 Å². The van der Waals surface area contributed by atoms with Gasteiger partial charge in [-0.15, -0.1) is 0 Å². The predicted octanol–water partition coefficient (Wildman–Crippen LogP) is 3.94. The van der Waals surface area contributed by atoms with E-state index in [4.69, 9.17) is 0 Å². The molecule has 0 aliphatic heterocycles. The summed E-state index contributed by atoms with van der Waals surface area (Å²) in [6.07, 6.45) is 8.93. The molecular formula is C13H29NS. The summed E-state index contributed by atoms with van der Waals surface area (Å²) < 4.78 is 0. The molecule has 0 fully saturated rings. The van der Waals surface area contributed by atoms with E-state index >= 15 is 0 Å². The average Bonchev–Trinajstić information content (AvgIpc) is 2.17. The molecule has 0 aromatic heterocycles. The first-order valence-electron chi connectivity index (χ1n) is 6.32. The molecule has 0 saturated carbocycles. The van der Waals surface area contributed by atoms with Crippen molar-refractivity contribution in [2.24, 2.45) is 5.41 Å². The Bertz CT molecular complexity index is 134. The molecular weight excluding hydrogens is 202 g/mol. The van der Waals surface area contributed by atoms with Gasteiger partial charge in [-0.25, -0.2) is 0 Å². The van der Waals surface area contributed by atoms with Gasteiger partial charge in [0.25, 0.3) is 0 Å². The molecule has 0 heterocycles. The second-order valence-electron chi connectivity index (χ2n) is 5.14. The van der Waals surface area contributed by atoms with Gasteiger partial charge in [-0.3, -0.25) is 0 Å². The Labute approximate surface area is 101 Å². The smallest absolute Gasteiger partial charge is 0.000252 e. The summed E-state index contributed by atoms with van der Waals surface area (Å²) in [7, 11) is 0. The minimum absolute atomic E-state index is 0.481. The Hall–Kier alpha value is 0.310. The normalized spacial score (nSPS) is 12.0. The first-order valence-corrected chi connectivity index (χ1v) is 7.71. The third-order valence-corrected chi connectivity index (χ3v) is 3.46. The van der Waals surface area contributed by atoms with E-state index in [9.17, 15) is 0 Å². The zero-order chi connectivity index (χ0) is 11.6. The molecule has 1 N–H and O–H groups in total. The lowest BCUT2D eigenvalue weighted by Gasteiger charge is -2.25. The number of rotatable bonds is 10. The Balaban J connectivity index is 3.38. The molecule has 0 atom stereocenters. The molecule has 15 heavy (non-hydrogen) atoms. The van der Waals surface area contributed by atoms with Crippen molar-refractivity contribution in [3.63, 3.8) is 0 Å². The van der Waals surface area contributed by atoms with Crippen LogP contribution >= 0.6 is 11.8 Å². The maximum absolute atomic E-state index is 3.57. The molecule has 0 saturated heterocycles. The molecule has 0 bridgehead atoms. The lowest BCUT2D eigenvalue weighted by molar-refractivity contribution is 0.303. The Morgan fingerprint density at radius 1 is 1.13 bits per heavy atom. The molecule has 0 aromatic rings. The summed E-state index contributed by atoms with van der Waals surface area (Å²) in [6, 6.07) is 0. The molecule has 0 aliphatic carbocycles. The van der Waals surface area contributed by atoms with Gasteiger partial charge in [0.2, 0.25) is 0 Å². The van der Waals surface area contributed by atoms with Gasteiger partial charge in [-0.2, -0.15) is 11.8 Å². The van der Waals surface area contributed by atoms with E-state index in [0.29, 0.717) is 5.41 Å². The van der Waals surface area contributed by atoms with Gasteiger partial charge in [-0.05, 0) is 36.8 Å². The summed E-state index contributed by atoms with van der Waals surface area (Å²) in [4.78, 5) is 0. The van der Waals surface area contributed by atoms with Crippen molar-refractivity contribution in [3.05, 3.63) is 0 Å². The molecule has 0 aromatic carbocycles.